The second-order valence-electron chi connectivity index (χ2n) is 6.51. The molecule has 1 heterocycles. The van der Waals surface area contributed by atoms with Crippen LogP contribution in [0.2, 0.25) is 0 Å². The molecule has 2 saturated carbocycles. The maximum Gasteiger partial charge on any atom is 0.109 e. The molecule has 4 rings (SSSR count). The van der Waals surface area contributed by atoms with E-state index < -0.39 is 0 Å². The van der Waals surface area contributed by atoms with E-state index in [0.717, 1.165) is 25.7 Å². The molecule has 2 atom stereocenters. The van der Waals surface area contributed by atoms with Gasteiger partial charge in [0.25, 0.3) is 0 Å². The van der Waals surface area contributed by atoms with Crippen LogP contribution in [0.5, 0.6) is 0 Å². The first-order valence-corrected chi connectivity index (χ1v) is 7.91. The van der Waals surface area contributed by atoms with Crippen LogP contribution in [0.15, 0.2) is 30.5 Å². The molecule has 21 heavy (non-hydrogen) atoms. The summed E-state index contributed by atoms with van der Waals surface area (Å²) in [5.41, 5.74) is 0.833. The number of nitrogens with one attached hydrogen (secondary N) is 1. The summed E-state index contributed by atoms with van der Waals surface area (Å²) in [4.78, 5) is 0. The van der Waals surface area contributed by atoms with Crippen molar-refractivity contribution < 1.29 is 0 Å². The number of aromatic nitrogens is 2. The molecule has 4 heteroatoms. The van der Waals surface area contributed by atoms with Crippen molar-refractivity contribution in [3.63, 3.8) is 0 Å². The van der Waals surface area contributed by atoms with E-state index in [2.05, 4.69) is 39.4 Å². The van der Waals surface area contributed by atoms with E-state index in [1.54, 1.807) is 0 Å². The van der Waals surface area contributed by atoms with E-state index in [-0.39, 0.29) is 5.54 Å². The number of rotatable bonds is 3. The number of hydrogen-bond acceptors (Lipinski definition) is 3. The monoisotopic (exact) mass is 280 g/mol. The third kappa shape index (κ3) is 2.32. The van der Waals surface area contributed by atoms with E-state index in [0.29, 0.717) is 12.1 Å². The Balaban J connectivity index is 1.64. The number of nitrogens with zero attached hydrogens (tertiary/aromatic N) is 3. The van der Waals surface area contributed by atoms with Crippen molar-refractivity contribution >= 4 is 10.9 Å². The Kier molecular flexibility index (Phi) is 2.97. The highest BCUT2D eigenvalue weighted by Gasteiger charge is 2.41. The second-order valence-corrected chi connectivity index (χ2v) is 6.51. The van der Waals surface area contributed by atoms with E-state index in [1.165, 1.54) is 23.7 Å². The van der Waals surface area contributed by atoms with E-state index in [1.807, 2.05) is 12.3 Å². The van der Waals surface area contributed by atoms with Crippen LogP contribution in [-0.4, -0.2) is 21.4 Å². The summed E-state index contributed by atoms with van der Waals surface area (Å²) in [6.07, 6.45) is 8.42. The van der Waals surface area contributed by atoms with Gasteiger partial charge in [0.1, 0.15) is 5.54 Å². The molecule has 1 aromatic heterocycles. The topological polar surface area (TPSA) is 53.6 Å². The van der Waals surface area contributed by atoms with Crippen molar-refractivity contribution in [2.45, 2.75) is 56.1 Å². The standard InChI is InChI=1S/C17H20N4/c18-12-17(20-14-7-8-14)9-3-5-15(10-17)21-16-6-2-1-4-13(16)11-19-21/h1-2,4,6,11,14-15,20H,3,5,7-10H2. The maximum absolute atomic E-state index is 9.70. The molecule has 0 amide bonds. The van der Waals surface area contributed by atoms with E-state index >= 15 is 0 Å². The van der Waals surface area contributed by atoms with Gasteiger partial charge in [-0.25, -0.2) is 0 Å². The van der Waals surface area contributed by atoms with Crippen LogP contribution in [0.4, 0.5) is 0 Å². The molecule has 2 aliphatic carbocycles. The fourth-order valence-electron chi connectivity index (χ4n) is 3.62. The van der Waals surface area contributed by atoms with Gasteiger partial charge >= 0.3 is 0 Å². The maximum atomic E-state index is 9.70. The molecule has 0 aliphatic heterocycles. The zero-order valence-electron chi connectivity index (χ0n) is 12.1. The third-order valence-corrected chi connectivity index (χ3v) is 4.85. The SMILES string of the molecule is N#CC1(NC2CC2)CCCC(n2ncc3ccccc32)C1. The van der Waals surface area contributed by atoms with Crippen molar-refractivity contribution in [1.82, 2.24) is 15.1 Å². The van der Waals surface area contributed by atoms with Crippen molar-refractivity contribution in [2.75, 3.05) is 0 Å². The Morgan fingerprint density at radius 2 is 2.14 bits per heavy atom. The van der Waals surface area contributed by atoms with Crippen LogP contribution < -0.4 is 5.32 Å². The van der Waals surface area contributed by atoms with Crippen LogP contribution in [0.25, 0.3) is 10.9 Å². The molecule has 0 spiro atoms. The molecule has 0 radical (unpaired) electrons. The van der Waals surface area contributed by atoms with Gasteiger partial charge in [-0.1, -0.05) is 18.2 Å². The molecule has 1 aromatic carbocycles. The van der Waals surface area contributed by atoms with Gasteiger partial charge < -0.3 is 0 Å². The van der Waals surface area contributed by atoms with E-state index in [4.69, 9.17) is 0 Å². The molecule has 1 N–H and O–H groups in total. The average molecular weight is 280 g/mol. The minimum Gasteiger partial charge on any atom is -0.297 e. The molecule has 2 aliphatic rings. The summed E-state index contributed by atoms with van der Waals surface area (Å²) >= 11 is 0. The lowest BCUT2D eigenvalue weighted by Crippen LogP contribution is -2.49. The third-order valence-electron chi connectivity index (χ3n) is 4.85. The number of para-hydroxylation sites is 1. The normalized spacial score (nSPS) is 29.4. The zero-order valence-corrected chi connectivity index (χ0v) is 12.1. The number of nitriles is 1. The molecule has 2 unspecified atom stereocenters. The van der Waals surface area contributed by atoms with Crippen LogP contribution in [0.1, 0.15) is 44.6 Å². The van der Waals surface area contributed by atoms with Gasteiger partial charge in [-0.15, -0.1) is 0 Å². The minimum atomic E-state index is -0.350. The van der Waals surface area contributed by atoms with Crippen LogP contribution in [0.3, 0.4) is 0 Å². The quantitative estimate of drug-likeness (QED) is 0.939. The fraction of sp³-hybridized carbons (Fsp3) is 0.529. The first kappa shape index (κ1) is 12.8. The summed E-state index contributed by atoms with van der Waals surface area (Å²) < 4.78 is 2.13. The molecule has 2 aromatic rings. The van der Waals surface area contributed by atoms with Crippen molar-refractivity contribution in [3.05, 3.63) is 30.5 Å². The summed E-state index contributed by atoms with van der Waals surface area (Å²) in [5.74, 6) is 0. The first-order valence-electron chi connectivity index (χ1n) is 7.91. The Bertz CT molecular complexity index is 694. The minimum absolute atomic E-state index is 0.324. The summed E-state index contributed by atoms with van der Waals surface area (Å²) in [6, 6.07) is 11.8. The van der Waals surface area contributed by atoms with Gasteiger partial charge in [-0.3, -0.25) is 10.00 Å². The summed E-state index contributed by atoms with van der Waals surface area (Å²) in [7, 11) is 0. The molecule has 0 bridgehead atoms. The largest absolute Gasteiger partial charge is 0.297 e. The number of hydrogen-bond donors (Lipinski definition) is 1. The molecule has 4 nitrogen and oxygen atoms in total. The van der Waals surface area contributed by atoms with Crippen molar-refractivity contribution in [2.24, 2.45) is 0 Å². The van der Waals surface area contributed by atoms with Gasteiger partial charge in [-0.05, 0) is 38.2 Å². The van der Waals surface area contributed by atoms with E-state index in [9.17, 15) is 5.26 Å². The van der Waals surface area contributed by atoms with Gasteiger partial charge in [0.2, 0.25) is 0 Å². The van der Waals surface area contributed by atoms with Crippen LogP contribution >= 0.6 is 0 Å². The Labute approximate surface area is 124 Å². The molecule has 0 saturated heterocycles. The fourth-order valence-corrected chi connectivity index (χ4v) is 3.62. The molecular formula is C17H20N4. The van der Waals surface area contributed by atoms with Crippen LogP contribution in [-0.2, 0) is 0 Å². The average Bonchev–Trinajstić information content (AvgIpc) is 3.23. The van der Waals surface area contributed by atoms with Crippen LogP contribution in [0, 0.1) is 11.3 Å². The predicted molar refractivity (Wildman–Crippen MR) is 81.7 cm³/mol. The van der Waals surface area contributed by atoms with Gasteiger partial charge in [0, 0.05) is 17.8 Å². The Morgan fingerprint density at radius 1 is 1.29 bits per heavy atom. The Hall–Kier alpha value is -1.86. The lowest BCUT2D eigenvalue weighted by molar-refractivity contribution is 0.222. The lowest BCUT2D eigenvalue weighted by atomic mass is 9.79. The Morgan fingerprint density at radius 3 is 2.95 bits per heavy atom. The zero-order chi connectivity index (χ0) is 14.3. The van der Waals surface area contributed by atoms with Crippen molar-refractivity contribution in [3.8, 4) is 6.07 Å². The van der Waals surface area contributed by atoms with Crippen molar-refractivity contribution in [1.29, 1.82) is 5.26 Å². The first-order chi connectivity index (χ1) is 10.3. The molecule has 108 valence electrons. The summed E-state index contributed by atoms with van der Waals surface area (Å²) in [6.45, 7) is 0. The predicted octanol–water partition coefficient (Wildman–Crippen LogP) is 3.17. The second kappa shape index (κ2) is 4.85. The highest BCUT2D eigenvalue weighted by Crippen LogP contribution is 2.38. The molecular weight excluding hydrogens is 260 g/mol. The molecule has 2 fully saturated rings. The highest BCUT2D eigenvalue weighted by molar-refractivity contribution is 5.78. The lowest BCUT2D eigenvalue weighted by Gasteiger charge is -2.37. The number of fused-ring (bicyclic) bond motifs is 1. The van der Waals surface area contributed by atoms with Gasteiger partial charge in [-0.2, -0.15) is 10.4 Å². The highest BCUT2D eigenvalue weighted by atomic mass is 15.3. The van der Waals surface area contributed by atoms with Gasteiger partial charge in [0.15, 0.2) is 0 Å². The van der Waals surface area contributed by atoms with Gasteiger partial charge in [0.05, 0.1) is 23.8 Å². The summed E-state index contributed by atoms with van der Waals surface area (Å²) in [5, 5.41) is 19.1. The smallest absolute Gasteiger partial charge is 0.109 e. The number of benzene rings is 1.